The number of nitrogens with two attached hydrogens (primary N) is 1. The van der Waals surface area contributed by atoms with Crippen LogP contribution in [0.1, 0.15) is 25.4 Å². The molecule has 2 rings (SSSR count). The molecular weight excluding hydrogens is 367 g/mol. The molecule has 2 aromatic rings. The van der Waals surface area contributed by atoms with Gasteiger partial charge in [0.15, 0.2) is 5.85 Å². The van der Waals surface area contributed by atoms with E-state index in [0.29, 0.717) is 11.4 Å². The Bertz CT molecular complexity index is 852. The molecule has 0 bridgehead atoms. The molecule has 10 heteroatoms. The van der Waals surface area contributed by atoms with E-state index in [4.69, 9.17) is 14.2 Å². The SMILES string of the molecule is CCOP(=O)(OCC)C(O)c1cccn1-c1ccc(S(N)(=O)=O)cc1. The van der Waals surface area contributed by atoms with Crippen LogP contribution in [0, 0.1) is 0 Å². The zero-order chi connectivity index (χ0) is 18.7. The lowest BCUT2D eigenvalue weighted by atomic mass is 10.3. The number of hydrogen-bond donors (Lipinski definition) is 2. The fourth-order valence-corrected chi connectivity index (χ4v) is 4.46. The number of sulfonamides is 1. The minimum absolute atomic E-state index is 0.0280. The third-order valence-electron chi connectivity index (χ3n) is 3.41. The predicted octanol–water partition coefficient (Wildman–Crippen LogP) is 2.38. The molecule has 0 fully saturated rings. The summed E-state index contributed by atoms with van der Waals surface area (Å²) in [5.41, 5.74) is 0.861. The summed E-state index contributed by atoms with van der Waals surface area (Å²) in [6.07, 6.45) is 1.65. The number of hydrogen-bond acceptors (Lipinski definition) is 6. The Balaban J connectivity index is 2.41. The van der Waals surface area contributed by atoms with Crippen molar-refractivity contribution in [3.05, 3.63) is 48.3 Å². The molecule has 0 aliphatic heterocycles. The van der Waals surface area contributed by atoms with E-state index in [0.717, 1.165) is 0 Å². The molecule has 1 unspecified atom stereocenters. The van der Waals surface area contributed by atoms with Crippen molar-refractivity contribution in [2.24, 2.45) is 5.14 Å². The van der Waals surface area contributed by atoms with E-state index in [2.05, 4.69) is 0 Å². The van der Waals surface area contributed by atoms with Gasteiger partial charge in [-0.15, -0.1) is 0 Å². The first-order valence-electron chi connectivity index (χ1n) is 7.60. The number of aliphatic hydroxyl groups is 1. The summed E-state index contributed by atoms with van der Waals surface area (Å²) in [6, 6.07) is 9.01. The second-order valence-electron chi connectivity index (χ2n) is 5.09. The molecule has 0 spiro atoms. The lowest BCUT2D eigenvalue weighted by Crippen LogP contribution is -2.12. The molecule has 0 saturated carbocycles. The number of nitrogens with zero attached hydrogens (tertiary/aromatic N) is 1. The molecule has 0 aliphatic rings. The van der Waals surface area contributed by atoms with E-state index in [1.165, 1.54) is 24.3 Å². The van der Waals surface area contributed by atoms with Crippen molar-refractivity contribution in [3.63, 3.8) is 0 Å². The summed E-state index contributed by atoms with van der Waals surface area (Å²) in [5.74, 6) is -1.49. The normalized spacial score (nSPS) is 13.8. The smallest absolute Gasteiger partial charge is 0.364 e. The molecule has 1 aromatic heterocycles. The van der Waals surface area contributed by atoms with Gasteiger partial charge in [0, 0.05) is 11.9 Å². The molecule has 1 aromatic carbocycles. The molecule has 8 nitrogen and oxygen atoms in total. The molecule has 0 aliphatic carbocycles. The molecule has 0 amide bonds. The van der Waals surface area contributed by atoms with E-state index >= 15 is 0 Å². The predicted molar refractivity (Wildman–Crippen MR) is 93.0 cm³/mol. The molecule has 138 valence electrons. The summed E-state index contributed by atoms with van der Waals surface area (Å²) in [4.78, 5) is -0.0280. The second kappa shape index (κ2) is 7.82. The maximum absolute atomic E-state index is 12.8. The standard InChI is InChI=1S/C15H21N2O6PS/c1-3-22-24(19,23-4-2)15(18)14-6-5-11-17(14)12-7-9-13(10-8-12)25(16,20)21/h5-11,15,18H,3-4H2,1-2H3,(H2,16,20,21). The fraction of sp³-hybridized carbons (Fsp3) is 0.333. The number of aromatic nitrogens is 1. The number of benzene rings is 1. The van der Waals surface area contributed by atoms with Gasteiger partial charge in [0.1, 0.15) is 0 Å². The Morgan fingerprint density at radius 3 is 2.20 bits per heavy atom. The van der Waals surface area contributed by atoms with Crippen LogP contribution in [-0.2, 0) is 23.6 Å². The van der Waals surface area contributed by atoms with Gasteiger partial charge in [0.2, 0.25) is 10.0 Å². The first-order chi connectivity index (χ1) is 11.7. The van der Waals surface area contributed by atoms with Crippen LogP contribution in [0.25, 0.3) is 5.69 Å². The quantitative estimate of drug-likeness (QED) is 0.670. The fourth-order valence-electron chi connectivity index (χ4n) is 2.34. The van der Waals surface area contributed by atoms with Gasteiger partial charge in [0.25, 0.3) is 0 Å². The highest BCUT2D eigenvalue weighted by molar-refractivity contribution is 7.89. The molecule has 0 saturated heterocycles. The summed E-state index contributed by atoms with van der Waals surface area (Å²) in [7, 11) is -7.56. The van der Waals surface area contributed by atoms with Crippen LogP contribution in [0.5, 0.6) is 0 Å². The minimum atomic E-state index is -3.80. The topological polar surface area (TPSA) is 121 Å². The molecule has 25 heavy (non-hydrogen) atoms. The molecular formula is C15H21N2O6PS. The maximum Gasteiger partial charge on any atom is 0.364 e. The average Bonchev–Trinajstić information content (AvgIpc) is 3.03. The molecule has 1 heterocycles. The van der Waals surface area contributed by atoms with Crippen LogP contribution in [0.15, 0.2) is 47.5 Å². The van der Waals surface area contributed by atoms with Gasteiger partial charge in [-0.05, 0) is 50.2 Å². The van der Waals surface area contributed by atoms with Crippen LogP contribution in [0.2, 0.25) is 0 Å². The van der Waals surface area contributed by atoms with Gasteiger partial charge in [0.05, 0.1) is 23.8 Å². The number of aliphatic hydroxyl groups excluding tert-OH is 1. The van der Waals surface area contributed by atoms with E-state index in [1.807, 2.05) is 0 Å². The van der Waals surface area contributed by atoms with Gasteiger partial charge in [-0.3, -0.25) is 4.57 Å². The Morgan fingerprint density at radius 2 is 1.72 bits per heavy atom. The van der Waals surface area contributed by atoms with E-state index in [1.54, 1.807) is 36.7 Å². The minimum Gasteiger partial charge on any atom is -0.375 e. The summed E-state index contributed by atoms with van der Waals surface area (Å²) in [6.45, 7) is 3.56. The Labute approximate surface area is 146 Å². The van der Waals surface area contributed by atoms with Gasteiger partial charge >= 0.3 is 7.60 Å². The Kier molecular flexibility index (Phi) is 6.21. The van der Waals surface area contributed by atoms with Crippen LogP contribution in [0.3, 0.4) is 0 Å². The van der Waals surface area contributed by atoms with Gasteiger partial charge in [-0.25, -0.2) is 13.6 Å². The summed E-state index contributed by atoms with van der Waals surface area (Å²) >= 11 is 0. The maximum atomic E-state index is 12.8. The Morgan fingerprint density at radius 1 is 1.16 bits per heavy atom. The van der Waals surface area contributed by atoms with Crippen LogP contribution >= 0.6 is 7.60 Å². The van der Waals surface area contributed by atoms with E-state index in [-0.39, 0.29) is 18.1 Å². The summed E-state index contributed by atoms with van der Waals surface area (Å²) in [5, 5.41) is 15.6. The monoisotopic (exact) mass is 388 g/mol. The highest BCUT2D eigenvalue weighted by Gasteiger charge is 2.37. The highest BCUT2D eigenvalue weighted by Crippen LogP contribution is 2.59. The first kappa shape index (κ1) is 19.8. The van der Waals surface area contributed by atoms with Crippen molar-refractivity contribution in [2.75, 3.05) is 13.2 Å². The third-order valence-corrected chi connectivity index (χ3v) is 6.43. The van der Waals surface area contributed by atoms with Gasteiger partial charge in [-0.1, -0.05) is 0 Å². The molecule has 1 atom stereocenters. The van der Waals surface area contributed by atoms with Gasteiger partial charge < -0.3 is 18.7 Å². The first-order valence-corrected chi connectivity index (χ1v) is 10.8. The van der Waals surface area contributed by atoms with Crippen LogP contribution in [-0.4, -0.2) is 31.3 Å². The van der Waals surface area contributed by atoms with Crippen molar-refractivity contribution in [1.29, 1.82) is 0 Å². The third kappa shape index (κ3) is 4.38. The molecule has 3 N–H and O–H groups in total. The van der Waals surface area contributed by atoms with Crippen LogP contribution in [0.4, 0.5) is 0 Å². The van der Waals surface area contributed by atoms with Gasteiger partial charge in [-0.2, -0.15) is 0 Å². The number of rotatable bonds is 8. The van der Waals surface area contributed by atoms with Crippen molar-refractivity contribution in [1.82, 2.24) is 4.57 Å². The van der Waals surface area contributed by atoms with E-state index in [9.17, 15) is 18.1 Å². The second-order valence-corrected chi connectivity index (χ2v) is 8.74. The zero-order valence-corrected chi connectivity index (χ0v) is 15.6. The van der Waals surface area contributed by atoms with Crippen molar-refractivity contribution in [3.8, 4) is 5.69 Å². The van der Waals surface area contributed by atoms with Crippen molar-refractivity contribution < 1.29 is 27.1 Å². The number of primary sulfonamides is 1. The zero-order valence-electron chi connectivity index (χ0n) is 13.9. The lowest BCUT2D eigenvalue weighted by molar-refractivity contribution is 0.147. The lowest BCUT2D eigenvalue weighted by Gasteiger charge is -2.23. The summed E-state index contributed by atoms with van der Waals surface area (Å²) < 4.78 is 47.4. The van der Waals surface area contributed by atoms with Crippen LogP contribution < -0.4 is 5.14 Å². The van der Waals surface area contributed by atoms with Crippen molar-refractivity contribution >= 4 is 17.6 Å². The van der Waals surface area contributed by atoms with Crippen molar-refractivity contribution in [2.45, 2.75) is 24.6 Å². The Hall–Kier alpha value is -1.48. The molecule has 0 radical (unpaired) electrons. The largest absolute Gasteiger partial charge is 0.375 e. The highest BCUT2D eigenvalue weighted by atomic mass is 32.2. The van der Waals surface area contributed by atoms with E-state index < -0.39 is 23.5 Å². The average molecular weight is 388 g/mol.